The number of benzene rings is 1. The molecule has 2 unspecified atom stereocenters. The highest BCUT2D eigenvalue weighted by Gasteiger charge is 2.40. The molecule has 1 aromatic rings. The summed E-state index contributed by atoms with van der Waals surface area (Å²) in [6.45, 7) is 1.85. The summed E-state index contributed by atoms with van der Waals surface area (Å²) in [5.74, 6) is -3.34. The molecule has 1 aromatic carbocycles. The fourth-order valence-corrected chi connectivity index (χ4v) is 3.71. The summed E-state index contributed by atoms with van der Waals surface area (Å²) in [5, 5.41) is 8.93. The van der Waals surface area contributed by atoms with E-state index in [1.54, 1.807) is 0 Å². The second-order valence-corrected chi connectivity index (χ2v) is 5.95. The van der Waals surface area contributed by atoms with Crippen LogP contribution in [0.15, 0.2) is 18.2 Å². The fraction of sp³-hybridized carbons (Fsp3) is 0.429. The van der Waals surface area contributed by atoms with Crippen molar-refractivity contribution in [3.05, 3.63) is 35.4 Å². The van der Waals surface area contributed by atoms with Gasteiger partial charge in [0, 0.05) is 11.3 Å². The van der Waals surface area contributed by atoms with Crippen molar-refractivity contribution in [1.29, 1.82) is 0 Å². The molecule has 0 radical (unpaired) electrons. The molecule has 1 N–H and O–H groups in total. The number of carboxylic acid groups (broad SMARTS) is 1. The summed E-state index contributed by atoms with van der Waals surface area (Å²) >= 11 is 1.39. The third-order valence-electron chi connectivity index (χ3n) is 3.39. The van der Waals surface area contributed by atoms with Crippen LogP contribution in [0.2, 0.25) is 0 Å². The molecule has 0 aliphatic carbocycles. The van der Waals surface area contributed by atoms with Gasteiger partial charge in [0.15, 0.2) is 11.6 Å². The molecule has 0 bridgehead atoms. The minimum atomic E-state index is -1.08. The van der Waals surface area contributed by atoms with Gasteiger partial charge in [0.05, 0.1) is 11.8 Å². The normalized spacial score (nSPS) is 21.6. The highest BCUT2D eigenvalue weighted by Crippen LogP contribution is 2.32. The van der Waals surface area contributed by atoms with E-state index in [2.05, 4.69) is 0 Å². The smallest absolute Gasteiger partial charge is 0.327 e. The Morgan fingerprint density at radius 1 is 1.43 bits per heavy atom. The standard InChI is InChI=1S/C14H15F2NO3S/c1-2-12-17(10(7-21-12)14(19)20)11(18)6-8-4-3-5-9(15)13(8)16/h3-5,10,12H,2,6-7H2,1H3,(H,19,20). The Balaban J connectivity index is 2.21. The van der Waals surface area contributed by atoms with Gasteiger partial charge in [0.2, 0.25) is 5.91 Å². The van der Waals surface area contributed by atoms with Gasteiger partial charge in [-0.15, -0.1) is 11.8 Å². The van der Waals surface area contributed by atoms with Crippen molar-refractivity contribution < 1.29 is 23.5 Å². The number of halogens is 2. The molecule has 0 spiro atoms. The van der Waals surface area contributed by atoms with Crippen molar-refractivity contribution in [2.75, 3.05) is 5.75 Å². The second-order valence-electron chi connectivity index (χ2n) is 4.74. The predicted octanol–water partition coefficient (Wildman–Crippen LogP) is 2.27. The fourth-order valence-electron chi connectivity index (χ4n) is 2.34. The summed E-state index contributed by atoms with van der Waals surface area (Å²) in [7, 11) is 0. The minimum Gasteiger partial charge on any atom is -0.480 e. The van der Waals surface area contributed by atoms with E-state index in [1.807, 2.05) is 6.92 Å². The SMILES string of the molecule is CCC1SCC(C(=O)O)N1C(=O)Cc1cccc(F)c1F. The summed E-state index contributed by atoms with van der Waals surface area (Å²) in [4.78, 5) is 24.8. The van der Waals surface area contributed by atoms with E-state index >= 15 is 0 Å². The number of rotatable bonds is 4. The van der Waals surface area contributed by atoms with Gasteiger partial charge < -0.3 is 10.0 Å². The molecular formula is C14H15F2NO3S. The number of carbonyl (C=O) groups is 2. The Morgan fingerprint density at radius 2 is 2.14 bits per heavy atom. The maximum atomic E-state index is 13.6. The zero-order chi connectivity index (χ0) is 15.6. The average Bonchev–Trinajstić information content (AvgIpc) is 2.88. The topological polar surface area (TPSA) is 57.6 Å². The van der Waals surface area contributed by atoms with Crippen molar-refractivity contribution in [2.45, 2.75) is 31.2 Å². The molecule has 7 heteroatoms. The molecule has 1 saturated heterocycles. The first kappa shape index (κ1) is 15.8. The Bertz CT molecular complexity index is 567. The predicted molar refractivity (Wildman–Crippen MR) is 74.9 cm³/mol. The van der Waals surface area contributed by atoms with Crippen LogP contribution in [0.3, 0.4) is 0 Å². The van der Waals surface area contributed by atoms with Gasteiger partial charge in [-0.1, -0.05) is 19.1 Å². The van der Waals surface area contributed by atoms with Crippen molar-refractivity contribution in [1.82, 2.24) is 4.90 Å². The molecule has 0 saturated carbocycles. The molecule has 21 heavy (non-hydrogen) atoms. The van der Waals surface area contributed by atoms with E-state index in [0.29, 0.717) is 12.2 Å². The van der Waals surface area contributed by atoms with Crippen molar-refractivity contribution >= 4 is 23.6 Å². The second kappa shape index (κ2) is 6.43. The van der Waals surface area contributed by atoms with Gasteiger partial charge in [-0.3, -0.25) is 4.79 Å². The van der Waals surface area contributed by atoms with Crippen molar-refractivity contribution in [3.8, 4) is 0 Å². The number of carboxylic acids is 1. The first-order chi connectivity index (χ1) is 9.95. The molecule has 1 aliphatic rings. The van der Waals surface area contributed by atoms with Crippen molar-refractivity contribution in [2.24, 2.45) is 0 Å². The highest BCUT2D eigenvalue weighted by atomic mass is 32.2. The molecule has 2 rings (SSSR count). The number of hydrogen-bond donors (Lipinski definition) is 1. The molecule has 4 nitrogen and oxygen atoms in total. The zero-order valence-corrected chi connectivity index (χ0v) is 12.2. The summed E-state index contributed by atoms with van der Waals surface area (Å²) in [6, 6.07) is 2.72. The van der Waals surface area contributed by atoms with E-state index in [9.17, 15) is 18.4 Å². The van der Waals surface area contributed by atoms with Crippen LogP contribution >= 0.6 is 11.8 Å². The van der Waals surface area contributed by atoms with E-state index in [4.69, 9.17) is 5.11 Å². The van der Waals surface area contributed by atoms with E-state index in [0.717, 1.165) is 6.07 Å². The summed E-state index contributed by atoms with van der Waals surface area (Å²) < 4.78 is 26.8. The lowest BCUT2D eigenvalue weighted by atomic mass is 10.1. The number of thioether (sulfide) groups is 1. The lowest BCUT2D eigenvalue weighted by Gasteiger charge is -2.26. The Morgan fingerprint density at radius 3 is 2.76 bits per heavy atom. The van der Waals surface area contributed by atoms with Gasteiger partial charge in [0.25, 0.3) is 0 Å². The number of hydrogen-bond acceptors (Lipinski definition) is 3. The summed E-state index contributed by atoms with van der Waals surface area (Å²) in [5.41, 5.74) is -0.0594. The third-order valence-corrected chi connectivity index (χ3v) is 4.84. The molecule has 0 aromatic heterocycles. The van der Waals surface area contributed by atoms with Crippen molar-refractivity contribution in [3.63, 3.8) is 0 Å². The van der Waals surface area contributed by atoms with Crippen LogP contribution in [0.5, 0.6) is 0 Å². The van der Waals surface area contributed by atoms with Gasteiger partial charge >= 0.3 is 5.97 Å². The van der Waals surface area contributed by atoms with E-state index in [-0.39, 0.29) is 17.4 Å². The van der Waals surface area contributed by atoms with Gasteiger partial charge in [-0.2, -0.15) is 0 Å². The zero-order valence-electron chi connectivity index (χ0n) is 11.4. The van der Waals surface area contributed by atoms with Crippen LogP contribution in [-0.2, 0) is 16.0 Å². The monoisotopic (exact) mass is 315 g/mol. The average molecular weight is 315 g/mol. The Labute approximate surface area is 125 Å². The van der Waals surface area contributed by atoms with Crippen LogP contribution in [0.1, 0.15) is 18.9 Å². The Hall–Kier alpha value is -1.63. The maximum absolute atomic E-state index is 13.6. The number of aliphatic carboxylic acids is 1. The number of nitrogens with zero attached hydrogens (tertiary/aromatic N) is 1. The van der Waals surface area contributed by atoms with Crippen LogP contribution in [0.4, 0.5) is 8.78 Å². The van der Waals surface area contributed by atoms with Gasteiger partial charge in [-0.25, -0.2) is 13.6 Å². The lowest BCUT2D eigenvalue weighted by molar-refractivity contribution is -0.148. The third kappa shape index (κ3) is 3.18. The lowest BCUT2D eigenvalue weighted by Crippen LogP contribution is -2.46. The largest absolute Gasteiger partial charge is 0.480 e. The van der Waals surface area contributed by atoms with Crippen LogP contribution in [-0.4, -0.2) is 39.1 Å². The molecule has 2 atom stereocenters. The molecule has 114 valence electrons. The van der Waals surface area contributed by atoms with Crippen LogP contribution in [0.25, 0.3) is 0 Å². The first-order valence-corrected chi connectivity index (χ1v) is 7.59. The first-order valence-electron chi connectivity index (χ1n) is 6.54. The van der Waals surface area contributed by atoms with E-state index < -0.39 is 29.6 Å². The Kier molecular flexibility index (Phi) is 4.82. The molecule has 1 heterocycles. The number of amides is 1. The molecule has 1 fully saturated rings. The quantitative estimate of drug-likeness (QED) is 0.926. The molecule has 1 amide bonds. The number of carbonyl (C=O) groups excluding carboxylic acids is 1. The van der Waals surface area contributed by atoms with E-state index in [1.165, 1.54) is 28.8 Å². The summed E-state index contributed by atoms with van der Waals surface area (Å²) in [6.07, 6.45) is 0.260. The van der Waals surface area contributed by atoms with Crippen LogP contribution in [0, 0.1) is 11.6 Å². The maximum Gasteiger partial charge on any atom is 0.327 e. The van der Waals surface area contributed by atoms with Gasteiger partial charge in [0.1, 0.15) is 6.04 Å². The highest BCUT2D eigenvalue weighted by molar-refractivity contribution is 8.00. The molecular weight excluding hydrogens is 300 g/mol. The van der Waals surface area contributed by atoms with Gasteiger partial charge in [-0.05, 0) is 12.5 Å². The minimum absolute atomic E-state index is 0.0594. The molecule has 1 aliphatic heterocycles. The van der Waals surface area contributed by atoms with Crippen LogP contribution < -0.4 is 0 Å².